The Hall–Kier alpha value is -3.59. The van der Waals surface area contributed by atoms with Gasteiger partial charge in [0.2, 0.25) is 0 Å². The van der Waals surface area contributed by atoms with E-state index < -0.39 is 0 Å². The maximum Gasteiger partial charge on any atom is 0.307 e. The van der Waals surface area contributed by atoms with Crippen LogP contribution < -0.4 is 4.90 Å². The average molecular weight is 430 g/mol. The number of anilines is 2. The predicted molar refractivity (Wildman–Crippen MR) is 123 cm³/mol. The molecule has 0 N–H and O–H groups in total. The van der Waals surface area contributed by atoms with Crippen LogP contribution in [0, 0.1) is 32.1 Å². The number of hydrogen-bond acceptors (Lipinski definition) is 6. The quantitative estimate of drug-likeness (QED) is 0.460. The highest BCUT2D eigenvalue weighted by molar-refractivity contribution is 5.77. The second-order valence-corrected chi connectivity index (χ2v) is 8.42. The Balaban J connectivity index is 1.74. The Morgan fingerprint density at radius 1 is 1.19 bits per heavy atom. The van der Waals surface area contributed by atoms with Crippen LogP contribution in [-0.2, 0) is 14.9 Å². The van der Waals surface area contributed by atoms with E-state index in [1.807, 2.05) is 38.1 Å². The molecule has 0 spiro atoms. The number of nitrogens with zero attached hydrogens (tertiary/aromatic N) is 3. The fourth-order valence-electron chi connectivity index (χ4n) is 4.20. The van der Waals surface area contributed by atoms with Crippen molar-refractivity contribution in [2.45, 2.75) is 45.4 Å². The SMILES string of the molecule is COC(=O)CCN(c1ccc(C2(C#N)CC2)cc1)c1cc(-c2c(C)noc2C)ccc1C. The lowest BCUT2D eigenvalue weighted by molar-refractivity contribution is -0.140. The van der Waals surface area contributed by atoms with E-state index in [1.54, 1.807) is 0 Å². The molecule has 3 aromatic rings. The summed E-state index contributed by atoms with van der Waals surface area (Å²) in [6, 6.07) is 16.8. The molecule has 2 aromatic carbocycles. The van der Waals surface area contributed by atoms with Gasteiger partial charge in [0, 0.05) is 23.5 Å². The normalized spacial score (nSPS) is 14.0. The van der Waals surface area contributed by atoms with Crippen molar-refractivity contribution in [2.24, 2.45) is 0 Å². The molecule has 0 saturated heterocycles. The molecular weight excluding hydrogens is 402 g/mol. The van der Waals surface area contributed by atoms with E-state index in [0.717, 1.165) is 57.9 Å². The van der Waals surface area contributed by atoms with Gasteiger partial charge in [0.25, 0.3) is 0 Å². The first-order valence-corrected chi connectivity index (χ1v) is 10.8. The molecule has 0 atom stereocenters. The molecule has 0 bridgehead atoms. The monoisotopic (exact) mass is 429 g/mol. The maximum atomic E-state index is 11.9. The number of benzene rings is 2. The van der Waals surface area contributed by atoms with Gasteiger partial charge in [0.15, 0.2) is 0 Å². The number of carbonyl (C=O) groups is 1. The Labute approximate surface area is 188 Å². The van der Waals surface area contributed by atoms with Crippen molar-refractivity contribution in [2.75, 3.05) is 18.6 Å². The summed E-state index contributed by atoms with van der Waals surface area (Å²) >= 11 is 0. The summed E-state index contributed by atoms with van der Waals surface area (Å²) in [5.74, 6) is 0.515. The van der Waals surface area contributed by atoms with Crippen LogP contribution in [0.1, 0.15) is 41.8 Å². The molecule has 0 aliphatic heterocycles. The maximum absolute atomic E-state index is 11.9. The Kier molecular flexibility index (Phi) is 5.75. The molecular formula is C26H27N3O3. The Morgan fingerprint density at radius 2 is 1.91 bits per heavy atom. The van der Waals surface area contributed by atoms with Crippen molar-refractivity contribution < 1.29 is 14.1 Å². The Morgan fingerprint density at radius 3 is 2.47 bits per heavy atom. The zero-order chi connectivity index (χ0) is 22.9. The second-order valence-electron chi connectivity index (χ2n) is 8.42. The van der Waals surface area contributed by atoms with Crippen molar-refractivity contribution in [3.05, 3.63) is 65.0 Å². The molecule has 0 unspecified atom stereocenters. The summed E-state index contributed by atoms with van der Waals surface area (Å²) in [5, 5.41) is 13.6. The molecule has 1 heterocycles. The van der Waals surface area contributed by atoms with Gasteiger partial charge in [-0.1, -0.05) is 29.4 Å². The minimum atomic E-state index is -0.325. The average Bonchev–Trinajstić information content (AvgIpc) is 3.54. The van der Waals surface area contributed by atoms with E-state index in [4.69, 9.17) is 9.26 Å². The molecule has 4 rings (SSSR count). The third-order valence-corrected chi connectivity index (χ3v) is 6.28. The molecule has 1 aliphatic rings. The highest BCUT2D eigenvalue weighted by atomic mass is 16.5. The zero-order valence-corrected chi connectivity index (χ0v) is 18.9. The minimum Gasteiger partial charge on any atom is -0.469 e. The van der Waals surface area contributed by atoms with Crippen LogP contribution in [0.4, 0.5) is 11.4 Å². The van der Waals surface area contributed by atoms with E-state index >= 15 is 0 Å². The van der Waals surface area contributed by atoms with Gasteiger partial charge in [-0.15, -0.1) is 0 Å². The largest absolute Gasteiger partial charge is 0.469 e. The van der Waals surface area contributed by atoms with Gasteiger partial charge in [-0.3, -0.25) is 4.79 Å². The first-order valence-electron chi connectivity index (χ1n) is 10.8. The number of carbonyl (C=O) groups excluding carboxylic acids is 1. The van der Waals surface area contributed by atoms with Crippen LogP contribution in [0.15, 0.2) is 47.0 Å². The van der Waals surface area contributed by atoms with Crippen LogP contribution in [0.25, 0.3) is 11.1 Å². The molecule has 0 radical (unpaired) electrons. The van der Waals surface area contributed by atoms with Gasteiger partial charge in [0.1, 0.15) is 5.76 Å². The van der Waals surface area contributed by atoms with Crippen LogP contribution in [0.5, 0.6) is 0 Å². The van der Waals surface area contributed by atoms with Crippen molar-refractivity contribution in [3.8, 4) is 17.2 Å². The third kappa shape index (κ3) is 3.99. The zero-order valence-electron chi connectivity index (χ0n) is 18.9. The summed E-state index contributed by atoms with van der Waals surface area (Å²) in [7, 11) is 1.40. The van der Waals surface area contributed by atoms with E-state index in [-0.39, 0.29) is 17.8 Å². The second kappa shape index (κ2) is 8.51. The molecule has 32 heavy (non-hydrogen) atoms. The fraction of sp³-hybridized carbons (Fsp3) is 0.346. The molecule has 1 saturated carbocycles. The first-order chi connectivity index (χ1) is 15.4. The molecule has 6 heteroatoms. The smallest absolute Gasteiger partial charge is 0.307 e. The van der Waals surface area contributed by atoms with E-state index in [0.29, 0.717) is 6.54 Å². The Bertz CT molecular complexity index is 1160. The molecule has 164 valence electrons. The van der Waals surface area contributed by atoms with Gasteiger partial charge in [-0.25, -0.2) is 0 Å². The summed E-state index contributed by atoms with van der Waals surface area (Å²) in [4.78, 5) is 14.1. The van der Waals surface area contributed by atoms with Crippen LogP contribution in [0.2, 0.25) is 0 Å². The number of ether oxygens (including phenoxy) is 1. The van der Waals surface area contributed by atoms with E-state index in [2.05, 4.69) is 41.2 Å². The van der Waals surface area contributed by atoms with Gasteiger partial charge < -0.3 is 14.2 Å². The van der Waals surface area contributed by atoms with Crippen LogP contribution in [0.3, 0.4) is 0 Å². The first kappa shape index (κ1) is 21.6. The highest BCUT2D eigenvalue weighted by Gasteiger charge is 2.44. The van der Waals surface area contributed by atoms with Gasteiger partial charge >= 0.3 is 5.97 Å². The lowest BCUT2D eigenvalue weighted by Crippen LogP contribution is -2.22. The summed E-state index contributed by atoms with van der Waals surface area (Å²) in [6.45, 7) is 6.37. The number of methoxy groups -OCH3 is 1. The van der Waals surface area contributed by atoms with Crippen molar-refractivity contribution in [1.82, 2.24) is 5.16 Å². The number of esters is 1. The van der Waals surface area contributed by atoms with E-state index in [1.165, 1.54) is 7.11 Å². The van der Waals surface area contributed by atoms with Gasteiger partial charge in [-0.05, 0) is 68.5 Å². The molecule has 1 aliphatic carbocycles. The van der Waals surface area contributed by atoms with Crippen molar-refractivity contribution in [1.29, 1.82) is 5.26 Å². The third-order valence-electron chi connectivity index (χ3n) is 6.28. The number of aryl methyl sites for hydroxylation is 3. The highest BCUT2D eigenvalue weighted by Crippen LogP contribution is 2.48. The number of nitriles is 1. The number of hydrogen-bond donors (Lipinski definition) is 0. The summed E-state index contributed by atoms with van der Waals surface area (Å²) in [6.07, 6.45) is 2.08. The number of aromatic nitrogens is 1. The lowest BCUT2D eigenvalue weighted by atomic mass is 9.97. The minimum absolute atomic E-state index is 0.257. The van der Waals surface area contributed by atoms with Gasteiger partial charge in [-0.2, -0.15) is 5.26 Å². The molecule has 1 fully saturated rings. The molecule has 0 amide bonds. The van der Waals surface area contributed by atoms with Crippen LogP contribution in [-0.4, -0.2) is 24.8 Å². The van der Waals surface area contributed by atoms with Crippen molar-refractivity contribution >= 4 is 17.3 Å². The molecule has 6 nitrogen and oxygen atoms in total. The van der Waals surface area contributed by atoms with Crippen molar-refractivity contribution in [3.63, 3.8) is 0 Å². The summed E-state index contributed by atoms with van der Waals surface area (Å²) < 4.78 is 10.2. The van der Waals surface area contributed by atoms with E-state index in [9.17, 15) is 10.1 Å². The topological polar surface area (TPSA) is 79.4 Å². The predicted octanol–water partition coefficient (Wildman–Crippen LogP) is 5.52. The van der Waals surface area contributed by atoms with Crippen LogP contribution >= 0.6 is 0 Å². The van der Waals surface area contributed by atoms with Gasteiger partial charge in [0.05, 0.1) is 30.7 Å². The lowest BCUT2D eigenvalue weighted by Gasteiger charge is -2.27. The summed E-state index contributed by atoms with van der Waals surface area (Å²) in [5.41, 5.74) is 6.62. The standard InChI is InChI=1S/C26H27N3O3/c1-17-5-6-20(25-18(2)28-32-19(25)3)15-23(17)29(14-11-24(30)31-4)22-9-7-21(8-10-22)26(16-27)12-13-26/h5-10,15H,11-14H2,1-4H3. The fourth-order valence-corrected chi connectivity index (χ4v) is 4.20. The molecule has 1 aromatic heterocycles. The number of rotatable bonds is 7.